The lowest BCUT2D eigenvalue weighted by molar-refractivity contribution is 0.494. The standard InChI is InChI=1S/C8H13N3/c1-7-6-9-5-4-8(7)10-11(2)3/h4-6H,1-3H3,(H,9,10). The molecule has 0 aliphatic rings. The average molecular weight is 151 g/mol. The van der Waals surface area contributed by atoms with Crippen molar-refractivity contribution in [2.75, 3.05) is 19.5 Å². The van der Waals surface area contributed by atoms with E-state index in [2.05, 4.69) is 10.4 Å². The topological polar surface area (TPSA) is 28.2 Å². The first-order valence-electron chi connectivity index (χ1n) is 3.55. The minimum absolute atomic E-state index is 1.10. The Bertz CT molecular complexity index is 233. The van der Waals surface area contributed by atoms with Crippen molar-refractivity contribution in [1.82, 2.24) is 9.99 Å². The van der Waals surface area contributed by atoms with Gasteiger partial charge in [-0.25, -0.2) is 5.01 Å². The van der Waals surface area contributed by atoms with Crippen LogP contribution in [0.2, 0.25) is 0 Å². The van der Waals surface area contributed by atoms with Crippen molar-refractivity contribution in [3.05, 3.63) is 24.0 Å². The second kappa shape index (κ2) is 3.34. The SMILES string of the molecule is Cc1cnccc1NN(C)C. The van der Waals surface area contributed by atoms with Gasteiger partial charge < -0.3 is 5.43 Å². The van der Waals surface area contributed by atoms with Crippen LogP contribution in [0.25, 0.3) is 0 Å². The number of hydrogen-bond donors (Lipinski definition) is 1. The molecule has 3 nitrogen and oxygen atoms in total. The van der Waals surface area contributed by atoms with Crippen LogP contribution in [-0.4, -0.2) is 24.1 Å². The van der Waals surface area contributed by atoms with Gasteiger partial charge in [-0.15, -0.1) is 0 Å². The van der Waals surface area contributed by atoms with E-state index in [1.807, 2.05) is 38.3 Å². The quantitative estimate of drug-likeness (QED) is 0.645. The lowest BCUT2D eigenvalue weighted by atomic mass is 10.3. The van der Waals surface area contributed by atoms with Crippen molar-refractivity contribution >= 4 is 5.69 Å². The maximum atomic E-state index is 3.99. The average Bonchev–Trinajstić information content (AvgIpc) is 1.93. The minimum atomic E-state index is 1.10. The Morgan fingerprint density at radius 3 is 2.73 bits per heavy atom. The minimum Gasteiger partial charge on any atom is -0.319 e. The van der Waals surface area contributed by atoms with Gasteiger partial charge in [-0.05, 0) is 18.6 Å². The number of nitrogens with zero attached hydrogens (tertiary/aromatic N) is 2. The number of anilines is 1. The molecule has 0 aromatic carbocycles. The summed E-state index contributed by atoms with van der Waals surface area (Å²) in [5.74, 6) is 0. The van der Waals surface area contributed by atoms with Gasteiger partial charge >= 0.3 is 0 Å². The number of aromatic nitrogens is 1. The third-order valence-electron chi connectivity index (χ3n) is 1.36. The van der Waals surface area contributed by atoms with Gasteiger partial charge in [0.15, 0.2) is 0 Å². The highest BCUT2D eigenvalue weighted by Crippen LogP contribution is 2.10. The summed E-state index contributed by atoms with van der Waals surface area (Å²) in [7, 11) is 3.92. The molecule has 1 N–H and O–H groups in total. The molecule has 0 radical (unpaired) electrons. The summed E-state index contributed by atoms with van der Waals surface area (Å²) in [6.45, 7) is 2.03. The Morgan fingerprint density at radius 1 is 1.45 bits per heavy atom. The first kappa shape index (κ1) is 8.01. The second-order valence-corrected chi connectivity index (χ2v) is 2.70. The molecule has 0 aliphatic carbocycles. The number of pyridine rings is 1. The highest BCUT2D eigenvalue weighted by atomic mass is 15.5. The van der Waals surface area contributed by atoms with Crippen molar-refractivity contribution < 1.29 is 0 Å². The Labute approximate surface area is 67.0 Å². The smallest absolute Gasteiger partial charge is 0.0549 e. The molecule has 0 aliphatic heterocycles. The van der Waals surface area contributed by atoms with Crippen LogP contribution < -0.4 is 5.43 Å². The largest absolute Gasteiger partial charge is 0.319 e. The zero-order valence-corrected chi connectivity index (χ0v) is 7.13. The van der Waals surface area contributed by atoms with Gasteiger partial charge in [0.25, 0.3) is 0 Å². The molecule has 1 aromatic rings. The van der Waals surface area contributed by atoms with E-state index in [1.54, 1.807) is 6.20 Å². The van der Waals surface area contributed by atoms with E-state index in [9.17, 15) is 0 Å². The van der Waals surface area contributed by atoms with Crippen molar-refractivity contribution in [1.29, 1.82) is 0 Å². The van der Waals surface area contributed by atoms with Crippen LogP contribution in [0.5, 0.6) is 0 Å². The van der Waals surface area contributed by atoms with E-state index in [-0.39, 0.29) is 0 Å². The lowest BCUT2D eigenvalue weighted by Crippen LogP contribution is -2.20. The first-order valence-corrected chi connectivity index (χ1v) is 3.55. The summed E-state index contributed by atoms with van der Waals surface area (Å²) in [5, 5.41) is 1.91. The fourth-order valence-electron chi connectivity index (χ4n) is 0.840. The van der Waals surface area contributed by atoms with Crippen LogP contribution in [0.15, 0.2) is 18.5 Å². The van der Waals surface area contributed by atoms with E-state index in [0.29, 0.717) is 0 Å². The third-order valence-corrected chi connectivity index (χ3v) is 1.36. The van der Waals surface area contributed by atoms with E-state index in [0.717, 1.165) is 11.3 Å². The van der Waals surface area contributed by atoms with Crippen molar-refractivity contribution in [3.8, 4) is 0 Å². The van der Waals surface area contributed by atoms with Crippen LogP contribution in [-0.2, 0) is 0 Å². The van der Waals surface area contributed by atoms with Crippen LogP contribution in [0, 0.1) is 6.92 Å². The van der Waals surface area contributed by atoms with Gasteiger partial charge in [0.05, 0.1) is 5.69 Å². The number of nitrogens with one attached hydrogen (secondary N) is 1. The molecule has 1 aromatic heterocycles. The van der Waals surface area contributed by atoms with Gasteiger partial charge in [-0.2, -0.15) is 0 Å². The van der Waals surface area contributed by atoms with Gasteiger partial charge in [-0.3, -0.25) is 4.98 Å². The van der Waals surface area contributed by atoms with E-state index >= 15 is 0 Å². The molecule has 11 heavy (non-hydrogen) atoms. The molecule has 60 valence electrons. The molecule has 0 saturated heterocycles. The first-order chi connectivity index (χ1) is 5.20. The van der Waals surface area contributed by atoms with E-state index < -0.39 is 0 Å². The summed E-state index contributed by atoms with van der Waals surface area (Å²) in [6.07, 6.45) is 3.62. The highest BCUT2D eigenvalue weighted by Gasteiger charge is 1.95. The van der Waals surface area contributed by atoms with E-state index in [4.69, 9.17) is 0 Å². The normalized spacial score (nSPS) is 10.2. The number of aryl methyl sites for hydroxylation is 1. The molecular weight excluding hydrogens is 138 g/mol. The lowest BCUT2D eigenvalue weighted by Gasteiger charge is -2.14. The van der Waals surface area contributed by atoms with Crippen molar-refractivity contribution in [2.24, 2.45) is 0 Å². The summed E-state index contributed by atoms with van der Waals surface area (Å²) in [5.41, 5.74) is 5.42. The van der Waals surface area contributed by atoms with Gasteiger partial charge in [0.1, 0.15) is 0 Å². The van der Waals surface area contributed by atoms with Crippen molar-refractivity contribution in [2.45, 2.75) is 6.92 Å². The fraction of sp³-hybridized carbons (Fsp3) is 0.375. The van der Waals surface area contributed by atoms with Gasteiger partial charge in [0.2, 0.25) is 0 Å². The second-order valence-electron chi connectivity index (χ2n) is 2.70. The molecule has 0 saturated carbocycles. The molecule has 0 spiro atoms. The monoisotopic (exact) mass is 151 g/mol. The summed E-state index contributed by atoms with van der Waals surface area (Å²) in [4.78, 5) is 3.99. The Balaban J connectivity index is 2.78. The zero-order valence-electron chi connectivity index (χ0n) is 7.13. The molecule has 0 atom stereocenters. The molecule has 1 rings (SSSR count). The maximum absolute atomic E-state index is 3.99. The van der Waals surface area contributed by atoms with Crippen LogP contribution >= 0.6 is 0 Å². The Kier molecular flexibility index (Phi) is 2.44. The maximum Gasteiger partial charge on any atom is 0.0549 e. The molecule has 0 unspecified atom stereocenters. The summed E-state index contributed by atoms with van der Waals surface area (Å²) in [6, 6.07) is 1.95. The summed E-state index contributed by atoms with van der Waals surface area (Å²) >= 11 is 0. The predicted molar refractivity (Wildman–Crippen MR) is 46.3 cm³/mol. The number of hydrazine groups is 1. The zero-order chi connectivity index (χ0) is 8.27. The van der Waals surface area contributed by atoms with Gasteiger partial charge in [-0.1, -0.05) is 0 Å². The molecule has 0 fully saturated rings. The molecule has 0 amide bonds. The number of rotatable bonds is 2. The fourth-order valence-corrected chi connectivity index (χ4v) is 0.840. The molecule has 1 heterocycles. The molecule has 3 heteroatoms. The van der Waals surface area contributed by atoms with Crippen molar-refractivity contribution in [3.63, 3.8) is 0 Å². The summed E-state index contributed by atoms with van der Waals surface area (Å²) < 4.78 is 0. The van der Waals surface area contributed by atoms with Crippen LogP contribution in [0.4, 0.5) is 5.69 Å². The molecule has 0 bridgehead atoms. The van der Waals surface area contributed by atoms with Crippen LogP contribution in [0.1, 0.15) is 5.56 Å². The van der Waals surface area contributed by atoms with E-state index in [1.165, 1.54) is 0 Å². The van der Waals surface area contributed by atoms with Gasteiger partial charge in [0, 0.05) is 26.5 Å². The molecular formula is C8H13N3. The highest BCUT2D eigenvalue weighted by molar-refractivity contribution is 5.47. The Morgan fingerprint density at radius 2 is 2.18 bits per heavy atom. The number of hydrogen-bond acceptors (Lipinski definition) is 3. The third kappa shape index (κ3) is 2.20. The predicted octanol–water partition coefficient (Wildman–Crippen LogP) is 1.28. The Hall–Kier alpha value is -1.09. The van der Waals surface area contributed by atoms with Crippen LogP contribution in [0.3, 0.4) is 0 Å².